The third-order valence-electron chi connectivity index (χ3n) is 8.46. The van der Waals surface area contributed by atoms with Crippen molar-refractivity contribution in [1.29, 1.82) is 0 Å². The van der Waals surface area contributed by atoms with Crippen molar-refractivity contribution in [2.24, 2.45) is 0 Å². The zero-order valence-electron chi connectivity index (χ0n) is 22.5. The van der Waals surface area contributed by atoms with Crippen molar-refractivity contribution in [3.63, 3.8) is 0 Å². The Balaban J connectivity index is 1.19. The molecule has 6 rings (SSSR count). The van der Waals surface area contributed by atoms with Gasteiger partial charge in [-0.2, -0.15) is 0 Å². The Morgan fingerprint density at radius 1 is 1.03 bits per heavy atom. The highest BCUT2D eigenvalue weighted by atomic mass is 19.1. The number of hydrogen-bond donors (Lipinski definition) is 1. The molecule has 0 radical (unpaired) electrons. The maximum atomic E-state index is 14.3. The topological polar surface area (TPSA) is 49.9 Å². The number of piperidine rings is 1. The molecule has 3 heterocycles. The van der Waals surface area contributed by atoms with Gasteiger partial charge in [0.15, 0.2) is 0 Å². The number of para-hydroxylation sites is 1. The van der Waals surface area contributed by atoms with Crippen LogP contribution in [0.5, 0.6) is 5.75 Å². The molecule has 202 valence electrons. The number of nitrogens with zero attached hydrogens (tertiary/aromatic N) is 3. The lowest BCUT2D eigenvalue weighted by molar-refractivity contribution is 0.0979. The lowest BCUT2D eigenvalue weighted by Crippen LogP contribution is -2.39. The average molecular weight is 519 g/mol. The maximum absolute atomic E-state index is 14.3. The van der Waals surface area contributed by atoms with Crippen molar-refractivity contribution in [1.82, 2.24) is 9.88 Å². The summed E-state index contributed by atoms with van der Waals surface area (Å²) in [6.07, 6.45) is 7.76. The summed E-state index contributed by atoms with van der Waals surface area (Å²) in [4.78, 5) is 9.73. The molecule has 3 aliphatic rings. The third-order valence-corrected chi connectivity index (χ3v) is 8.46. The number of likely N-dealkylation sites (tertiary alicyclic amines) is 1. The minimum absolute atomic E-state index is 0.139. The molecule has 2 aromatic carbocycles. The predicted molar refractivity (Wildman–Crippen MR) is 151 cm³/mol. The fourth-order valence-corrected chi connectivity index (χ4v) is 6.36. The van der Waals surface area contributed by atoms with Crippen LogP contribution in [0.25, 0.3) is 10.9 Å². The fraction of sp³-hybridized carbons (Fsp3) is 0.516. The van der Waals surface area contributed by atoms with Crippen molar-refractivity contribution in [2.75, 3.05) is 56.7 Å². The van der Waals surface area contributed by atoms with E-state index in [0.717, 1.165) is 80.6 Å². The molecule has 3 aromatic rings. The molecule has 0 amide bonds. The molecule has 1 N–H and O–H groups in total. The number of anilines is 2. The van der Waals surface area contributed by atoms with Crippen LogP contribution in [-0.2, 0) is 24.2 Å². The number of ether oxygens (including phenoxy) is 2. The Morgan fingerprint density at radius 3 is 2.63 bits per heavy atom. The minimum atomic E-state index is -0.139. The highest BCUT2D eigenvalue weighted by Crippen LogP contribution is 2.38. The maximum Gasteiger partial charge on any atom is 0.146 e. The van der Waals surface area contributed by atoms with Gasteiger partial charge in [-0.3, -0.25) is 4.98 Å². The number of aromatic nitrogens is 1. The van der Waals surface area contributed by atoms with E-state index in [1.807, 2.05) is 12.1 Å². The smallest absolute Gasteiger partial charge is 0.146 e. The highest BCUT2D eigenvalue weighted by Gasteiger charge is 2.26. The lowest BCUT2D eigenvalue weighted by Gasteiger charge is -2.35. The largest absolute Gasteiger partial charge is 0.496 e. The van der Waals surface area contributed by atoms with E-state index in [0.29, 0.717) is 18.3 Å². The van der Waals surface area contributed by atoms with Gasteiger partial charge < -0.3 is 24.6 Å². The molecule has 6 nitrogen and oxygen atoms in total. The number of hydrogen-bond acceptors (Lipinski definition) is 6. The number of fused-ring (bicyclic) bond motifs is 2. The molecular formula is C31H39FN4O2. The third kappa shape index (κ3) is 5.32. The van der Waals surface area contributed by atoms with Gasteiger partial charge >= 0.3 is 0 Å². The van der Waals surface area contributed by atoms with Crippen molar-refractivity contribution in [3.8, 4) is 5.75 Å². The molecule has 0 bridgehead atoms. The van der Waals surface area contributed by atoms with E-state index in [1.165, 1.54) is 42.9 Å². The van der Waals surface area contributed by atoms with Crippen molar-refractivity contribution in [2.45, 2.75) is 57.6 Å². The summed E-state index contributed by atoms with van der Waals surface area (Å²) in [7, 11) is 1.74. The van der Waals surface area contributed by atoms with Crippen molar-refractivity contribution in [3.05, 3.63) is 59.0 Å². The summed E-state index contributed by atoms with van der Waals surface area (Å²) in [5, 5.41) is 5.04. The van der Waals surface area contributed by atoms with Gasteiger partial charge in [0, 0.05) is 48.0 Å². The van der Waals surface area contributed by atoms with Crippen molar-refractivity contribution < 1.29 is 13.9 Å². The van der Waals surface area contributed by atoms with Gasteiger partial charge in [0.2, 0.25) is 0 Å². The average Bonchev–Trinajstić information content (AvgIpc) is 3.64. The zero-order valence-corrected chi connectivity index (χ0v) is 22.5. The standard InChI is InChI=1S/C31H39FN4O2/c1-37-30-20-25-28(19-22(30)21-38-18-17-35-13-4-5-14-35)34-27-9-6-7-24(27)31(25)33-23-11-15-36(16-12-23)29-10-3-2-8-26(29)32/h2-3,8,10,19-20,23H,4-7,9,11-18,21H2,1H3,(H,33,34). The first kappa shape index (κ1) is 25.4. The van der Waals surface area contributed by atoms with Crippen LogP contribution in [0.2, 0.25) is 0 Å². The minimum Gasteiger partial charge on any atom is -0.496 e. The van der Waals surface area contributed by atoms with Crippen LogP contribution in [0.1, 0.15) is 48.9 Å². The molecule has 0 spiro atoms. The normalized spacial score (nSPS) is 18.3. The van der Waals surface area contributed by atoms with Gasteiger partial charge in [0.1, 0.15) is 11.6 Å². The Bertz CT molecular complexity index is 1270. The Hall–Kier alpha value is -2.90. The number of pyridine rings is 1. The molecular weight excluding hydrogens is 479 g/mol. The highest BCUT2D eigenvalue weighted by molar-refractivity contribution is 5.95. The quantitative estimate of drug-likeness (QED) is 0.374. The van der Waals surface area contributed by atoms with E-state index < -0.39 is 0 Å². The van der Waals surface area contributed by atoms with Crippen LogP contribution < -0.4 is 15.0 Å². The summed E-state index contributed by atoms with van der Waals surface area (Å²) in [6.45, 7) is 6.31. The molecule has 7 heteroatoms. The van der Waals surface area contributed by atoms with E-state index >= 15 is 0 Å². The Labute approximate surface area is 225 Å². The van der Waals surface area contributed by atoms with Gasteiger partial charge in [0.05, 0.1) is 31.5 Å². The number of benzene rings is 2. The van der Waals surface area contributed by atoms with Crippen LogP contribution in [0, 0.1) is 5.82 Å². The second-order valence-corrected chi connectivity index (χ2v) is 10.9. The first-order valence-electron chi connectivity index (χ1n) is 14.3. The number of rotatable bonds is 9. The van der Waals surface area contributed by atoms with E-state index in [-0.39, 0.29) is 5.82 Å². The zero-order chi connectivity index (χ0) is 25.9. The predicted octanol–water partition coefficient (Wildman–Crippen LogP) is 5.56. The second kappa shape index (κ2) is 11.5. The Kier molecular flexibility index (Phi) is 7.65. The molecule has 1 aromatic heterocycles. The van der Waals surface area contributed by atoms with Crippen LogP contribution >= 0.6 is 0 Å². The van der Waals surface area contributed by atoms with E-state index in [2.05, 4.69) is 27.2 Å². The molecule has 0 atom stereocenters. The summed E-state index contributed by atoms with van der Waals surface area (Å²) in [6, 6.07) is 11.7. The van der Waals surface area contributed by atoms with Gasteiger partial charge in [-0.05, 0) is 87.9 Å². The van der Waals surface area contributed by atoms with Crippen LogP contribution in [0.3, 0.4) is 0 Å². The van der Waals surface area contributed by atoms with Crippen LogP contribution in [0.15, 0.2) is 36.4 Å². The van der Waals surface area contributed by atoms with Crippen molar-refractivity contribution >= 4 is 22.3 Å². The van der Waals surface area contributed by atoms with E-state index in [1.54, 1.807) is 19.2 Å². The molecule has 1 aliphatic carbocycles. The number of halogens is 1. The lowest BCUT2D eigenvalue weighted by atomic mass is 10.00. The molecule has 2 fully saturated rings. The van der Waals surface area contributed by atoms with Crippen LogP contribution in [0.4, 0.5) is 15.8 Å². The monoisotopic (exact) mass is 518 g/mol. The van der Waals surface area contributed by atoms with Gasteiger partial charge in [0.25, 0.3) is 0 Å². The fourth-order valence-electron chi connectivity index (χ4n) is 6.36. The van der Waals surface area contributed by atoms with E-state index in [4.69, 9.17) is 14.5 Å². The molecule has 0 unspecified atom stereocenters. The molecule has 38 heavy (non-hydrogen) atoms. The number of aryl methyl sites for hydroxylation is 1. The second-order valence-electron chi connectivity index (χ2n) is 10.9. The first-order valence-corrected chi connectivity index (χ1v) is 14.3. The van der Waals surface area contributed by atoms with E-state index in [9.17, 15) is 4.39 Å². The molecule has 2 aliphatic heterocycles. The SMILES string of the molecule is COc1cc2c(NC3CCN(c4ccccc4F)CC3)c3c(nc2cc1COCCN1CCCC1)CCC3. The van der Waals surface area contributed by atoms with Crippen LogP contribution in [-0.4, -0.2) is 62.4 Å². The van der Waals surface area contributed by atoms with Gasteiger partial charge in [-0.15, -0.1) is 0 Å². The number of methoxy groups -OCH3 is 1. The Morgan fingerprint density at radius 2 is 1.84 bits per heavy atom. The first-order chi connectivity index (χ1) is 18.7. The summed E-state index contributed by atoms with van der Waals surface area (Å²) in [5.41, 5.74) is 6.56. The summed E-state index contributed by atoms with van der Waals surface area (Å²) >= 11 is 0. The molecule has 0 saturated carbocycles. The van der Waals surface area contributed by atoms with Gasteiger partial charge in [-0.25, -0.2) is 4.39 Å². The van der Waals surface area contributed by atoms with Gasteiger partial charge in [-0.1, -0.05) is 12.1 Å². The summed E-state index contributed by atoms with van der Waals surface area (Å²) < 4.78 is 26.2. The number of nitrogens with one attached hydrogen (secondary N) is 1. The summed E-state index contributed by atoms with van der Waals surface area (Å²) in [5.74, 6) is 0.718. The molecule has 2 saturated heterocycles.